The van der Waals surface area contributed by atoms with E-state index in [0.29, 0.717) is 19.4 Å². The Hall–Kier alpha value is -2.26. The molecule has 0 aromatic rings. The summed E-state index contributed by atoms with van der Waals surface area (Å²) in [5.41, 5.74) is 0. The molecule has 1 heterocycles. The van der Waals surface area contributed by atoms with Crippen LogP contribution in [0.4, 0.5) is 13.6 Å². The van der Waals surface area contributed by atoms with E-state index in [2.05, 4.69) is 10.6 Å². The molecule has 0 spiro atoms. The molecule has 0 radical (unpaired) electrons. The van der Waals surface area contributed by atoms with Crippen molar-refractivity contribution in [1.82, 2.24) is 15.5 Å². The first-order valence-corrected chi connectivity index (χ1v) is 10.4. The second kappa shape index (κ2) is 10.2. The number of carbonyl (C=O) groups is 4. The number of nitrogens with one attached hydrogen (secondary N) is 2. The van der Waals surface area contributed by atoms with Gasteiger partial charge < -0.3 is 20.3 Å². The Kier molecular flexibility index (Phi) is 8.14. The fourth-order valence-electron chi connectivity index (χ4n) is 3.62. The van der Waals surface area contributed by atoms with E-state index in [1.807, 2.05) is 13.8 Å². The highest BCUT2D eigenvalue weighted by molar-refractivity contribution is 5.92. The van der Waals surface area contributed by atoms with Gasteiger partial charge in [0.2, 0.25) is 11.8 Å². The summed E-state index contributed by atoms with van der Waals surface area (Å²) in [7, 11) is 0. The van der Waals surface area contributed by atoms with Gasteiger partial charge in [-0.1, -0.05) is 20.8 Å². The number of rotatable bonds is 10. The second-order valence-electron chi connectivity index (χ2n) is 8.49. The largest absolute Gasteiger partial charge is 0.446 e. The minimum Gasteiger partial charge on any atom is -0.446 e. The number of hydrogen-bond donors (Lipinski definition) is 2. The molecule has 0 aromatic heterocycles. The van der Waals surface area contributed by atoms with Crippen LogP contribution in [0, 0.1) is 11.8 Å². The van der Waals surface area contributed by atoms with Gasteiger partial charge in [-0.3, -0.25) is 14.4 Å². The zero-order valence-electron chi connectivity index (χ0n) is 17.7. The van der Waals surface area contributed by atoms with Gasteiger partial charge in [0, 0.05) is 32.4 Å². The number of halogens is 2. The van der Waals surface area contributed by atoms with E-state index in [1.165, 1.54) is 4.90 Å². The predicted molar refractivity (Wildman–Crippen MR) is 104 cm³/mol. The van der Waals surface area contributed by atoms with Crippen LogP contribution >= 0.6 is 0 Å². The number of amides is 3. The van der Waals surface area contributed by atoms with Crippen LogP contribution in [0.1, 0.15) is 52.9 Å². The van der Waals surface area contributed by atoms with E-state index < -0.39 is 37.0 Å². The van der Waals surface area contributed by atoms with Crippen molar-refractivity contribution in [2.75, 3.05) is 19.6 Å². The summed E-state index contributed by atoms with van der Waals surface area (Å²) in [4.78, 5) is 50.5. The molecule has 1 aliphatic carbocycles. The van der Waals surface area contributed by atoms with Gasteiger partial charge in [-0.25, -0.2) is 13.6 Å². The lowest BCUT2D eigenvalue weighted by molar-refractivity contribution is -0.145. The average molecular weight is 431 g/mol. The molecule has 0 unspecified atom stereocenters. The minimum absolute atomic E-state index is 0.0585. The SMILES string of the molecule is CCC(=O)N(CC(=O)[C@H](CC(C)C)NC(=O)OC1CC(F)(F)C1)C[C@@H]1CCNC1=O. The first-order valence-electron chi connectivity index (χ1n) is 10.4. The zero-order valence-corrected chi connectivity index (χ0v) is 17.7. The minimum atomic E-state index is -2.81. The Labute approximate surface area is 175 Å². The molecule has 1 aliphatic heterocycles. The number of nitrogens with zero attached hydrogens (tertiary/aromatic N) is 1. The number of hydrogen-bond acceptors (Lipinski definition) is 5. The van der Waals surface area contributed by atoms with Crippen molar-refractivity contribution < 1.29 is 32.7 Å². The molecule has 2 atom stereocenters. The van der Waals surface area contributed by atoms with Crippen molar-refractivity contribution in [2.45, 2.75) is 70.9 Å². The fraction of sp³-hybridized carbons (Fsp3) is 0.800. The van der Waals surface area contributed by atoms with Crippen molar-refractivity contribution in [1.29, 1.82) is 0 Å². The number of alkyl carbamates (subject to hydrolysis) is 1. The van der Waals surface area contributed by atoms with E-state index in [0.717, 1.165) is 0 Å². The average Bonchev–Trinajstić information content (AvgIpc) is 3.02. The molecule has 2 aliphatic rings. The Morgan fingerprint density at radius 2 is 1.97 bits per heavy atom. The van der Waals surface area contributed by atoms with Crippen LogP contribution in [0.25, 0.3) is 0 Å². The van der Waals surface area contributed by atoms with Gasteiger partial charge in [-0.05, 0) is 18.8 Å². The number of Topliss-reactive ketones (excluding diaryl/α,β-unsaturated/α-hetero) is 1. The molecule has 2 rings (SSSR count). The topological polar surface area (TPSA) is 105 Å². The van der Waals surface area contributed by atoms with E-state index in [-0.39, 0.29) is 48.9 Å². The molecule has 1 saturated carbocycles. The first-order chi connectivity index (χ1) is 14.0. The molecule has 2 N–H and O–H groups in total. The molecule has 30 heavy (non-hydrogen) atoms. The molecule has 1 saturated heterocycles. The molecule has 0 aromatic carbocycles. The molecule has 2 fully saturated rings. The van der Waals surface area contributed by atoms with Crippen LogP contribution in [-0.4, -0.2) is 66.3 Å². The highest BCUT2D eigenvalue weighted by Gasteiger charge is 2.47. The maximum absolute atomic E-state index is 12.9. The number of alkyl halides is 2. The van der Waals surface area contributed by atoms with Crippen molar-refractivity contribution in [3.8, 4) is 0 Å². The monoisotopic (exact) mass is 431 g/mol. The van der Waals surface area contributed by atoms with E-state index in [9.17, 15) is 28.0 Å². The Balaban J connectivity index is 1.97. The molecule has 10 heteroatoms. The van der Waals surface area contributed by atoms with Crippen LogP contribution in [0.3, 0.4) is 0 Å². The van der Waals surface area contributed by atoms with Gasteiger partial charge in [-0.15, -0.1) is 0 Å². The third-order valence-corrected chi connectivity index (χ3v) is 5.32. The molecule has 8 nitrogen and oxygen atoms in total. The lowest BCUT2D eigenvalue weighted by atomic mass is 9.91. The van der Waals surface area contributed by atoms with E-state index >= 15 is 0 Å². The van der Waals surface area contributed by atoms with Crippen LogP contribution in [0.5, 0.6) is 0 Å². The van der Waals surface area contributed by atoms with Crippen molar-refractivity contribution >= 4 is 23.7 Å². The molecular weight excluding hydrogens is 400 g/mol. The van der Waals surface area contributed by atoms with Crippen molar-refractivity contribution in [2.24, 2.45) is 11.8 Å². The summed E-state index contributed by atoms with van der Waals surface area (Å²) in [6.07, 6.45) is -1.75. The normalized spacial score (nSPS) is 21.5. The highest BCUT2D eigenvalue weighted by Crippen LogP contribution is 2.39. The lowest BCUT2D eigenvalue weighted by Gasteiger charge is -2.34. The molecular formula is C20H31F2N3O5. The van der Waals surface area contributed by atoms with Gasteiger partial charge in [0.25, 0.3) is 5.92 Å². The number of ketones is 1. The van der Waals surface area contributed by atoms with Gasteiger partial charge in [0.05, 0.1) is 18.5 Å². The summed E-state index contributed by atoms with van der Waals surface area (Å²) < 4.78 is 30.8. The third-order valence-electron chi connectivity index (χ3n) is 5.32. The van der Waals surface area contributed by atoms with Crippen molar-refractivity contribution in [3.05, 3.63) is 0 Å². The summed E-state index contributed by atoms with van der Waals surface area (Å²) in [6, 6.07) is -0.914. The Morgan fingerprint density at radius 3 is 2.47 bits per heavy atom. The Bertz CT molecular complexity index is 663. The quantitative estimate of drug-likeness (QED) is 0.550. The van der Waals surface area contributed by atoms with E-state index in [1.54, 1.807) is 6.92 Å². The second-order valence-corrected chi connectivity index (χ2v) is 8.49. The van der Waals surface area contributed by atoms with Crippen LogP contribution in [0.2, 0.25) is 0 Å². The molecule has 3 amide bonds. The summed E-state index contributed by atoms with van der Waals surface area (Å²) >= 11 is 0. The van der Waals surface area contributed by atoms with Gasteiger partial charge in [-0.2, -0.15) is 0 Å². The number of carbonyl (C=O) groups excluding carboxylic acids is 4. The van der Waals surface area contributed by atoms with Crippen LogP contribution in [-0.2, 0) is 19.1 Å². The zero-order chi connectivity index (χ0) is 22.5. The van der Waals surface area contributed by atoms with Gasteiger partial charge >= 0.3 is 6.09 Å². The molecule has 0 bridgehead atoms. The Morgan fingerprint density at radius 1 is 1.30 bits per heavy atom. The summed E-state index contributed by atoms with van der Waals surface area (Å²) in [6.45, 7) is 5.85. The van der Waals surface area contributed by atoms with Gasteiger partial charge in [0.1, 0.15) is 6.10 Å². The maximum atomic E-state index is 12.9. The third kappa shape index (κ3) is 6.91. The van der Waals surface area contributed by atoms with E-state index in [4.69, 9.17) is 4.74 Å². The number of ether oxygens (including phenoxy) is 1. The fourth-order valence-corrected chi connectivity index (χ4v) is 3.62. The van der Waals surface area contributed by atoms with Crippen molar-refractivity contribution in [3.63, 3.8) is 0 Å². The maximum Gasteiger partial charge on any atom is 0.407 e. The standard InChI is InChI=1S/C20H31F2N3O5/c1-4-17(27)25(10-13-5-6-23-18(13)28)11-16(26)15(7-12(2)3)24-19(29)30-14-8-20(21,22)9-14/h12-15H,4-11H2,1-3H3,(H,23,28)(H,24,29)/t13-,15-/m0/s1. The predicted octanol–water partition coefficient (Wildman–Crippen LogP) is 1.87. The van der Waals surface area contributed by atoms with Crippen LogP contribution < -0.4 is 10.6 Å². The molecule has 170 valence electrons. The summed E-state index contributed by atoms with van der Waals surface area (Å²) in [5.74, 6) is -3.91. The smallest absolute Gasteiger partial charge is 0.407 e. The summed E-state index contributed by atoms with van der Waals surface area (Å²) in [5, 5.41) is 5.17. The highest BCUT2D eigenvalue weighted by atomic mass is 19.3. The van der Waals surface area contributed by atoms with Gasteiger partial charge in [0.15, 0.2) is 5.78 Å². The van der Waals surface area contributed by atoms with Crippen LogP contribution in [0.15, 0.2) is 0 Å². The lowest BCUT2D eigenvalue weighted by Crippen LogP contribution is -2.50. The first kappa shape index (κ1) is 24.0.